The maximum atomic E-state index is 11.6. The molecule has 3 aromatic rings. The van der Waals surface area contributed by atoms with E-state index in [1.54, 1.807) is 18.2 Å². The van der Waals surface area contributed by atoms with E-state index in [-0.39, 0.29) is 22.8 Å². The van der Waals surface area contributed by atoms with Gasteiger partial charge in [0.25, 0.3) is 5.91 Å². The highest BCUT2D eigenvalue weighted by Gasteiger charge is 2.21. The number of nitrogens with two attached hydrogens (primary N) is 3. The molecule has 0 aliphatic heterocycles. The lowest BCUT2D eigenvalue weighted by molar-refractivity contribution is -0.117. The number of carbonyl (C=O) groups excluding carboxylic acids is 2. The summed E-state index contributed by atoms with van der Waals surface area (Å²) in [5, 5.41) is 1.17. The second-order valence-electron chi connectivity index (χ2n) is 5.15. The van der Waals surface area contributed by atoms with Crippen LogP contribution in [0.1, 0.15) is 15.5 Å². The number of carbonyl (C=O) groups is 2. The minimum absolute atomic E-state index is 0.159. The number of hydrogen-bond acceptors (Lipinski definition) is 6. The lowest BCUT2D eigenvalue weighted by atomic mass is 10.1. The quantitative estimate of drug-likeness (QED) is 0.622. The van der Waals surface area contributed by atoms with Crippen molar-refractivity contribution >= 4 is 62.3 Å². The summed E-state index contributed by atoms with van der Waals surface area (Å²) in [5.41, 5.74) is 17.9. The molecule has 2 amide bonds. The third-order valence-electron chi connectivity index (χ3n) is 3.38. The van der Waals surface area contributed by atoms with Gasteiger partial charge in [-0.15, -0.1) is 11.3 Å². The van der Waals surface area contributed by atoms with E-state index in [1.165, 1.54) is 0 Å². The Kier molecular flexibility index (Phi) is 4.51. The van der Waals surface area contributed by atoms with Crippen molar-refractivity contribution in [2.24, 2.45) is 11.5 Å². The van der Waals surface area contributed by atoms with Gasteiger partial charge in [0.2, 0.25) is 5.91 Å². The molecule has 7 nitrogen and oxygen atoms in total. The Morgan fingerprint density at radius 1 is 1.12 bits per heavy atom. The predicted octanol–water partition coefficient (Wildman–Crippen LogP) is 2.37. The third kappa shape index (κ3) is 3.23. The Morgan fingerprint density at radius 2 is 1.84 bits per heavy atom. The fourth-order valence-corrected chi connectivity index (χ4v) is 3.60. The number of fused-ring (bicyclic) bond motifs is 1. The molecular formula is C15H11Cl2N5O2S. The Hall–Kier alpha value is -2.42. The molecule has 0 atom stereocenters. The Labute approximate surface area is 155 Å². The van der Waals surface area contributed by atoms with E-state index in [4.69, 9.17) is 40.4 Å². The van der Waals surface area contributed by atoms with Crippen LogP contribution in [-0.2, 0) is 11.2 Å². The zero-order valence-electron chi connectivity index (χ0n) is 12.5. The van der Waals surface area contributed by atoms with Crippen molar-refractivity contribution in [2.75, 3.05) is 5.73 Å². The summed E-state index contributed by atoms with van der Waals surface area (Å²) < 4.78 is 0. The van der Waals surface area contributed by atoms with E-state index in [0.29, 0.717) is 31.5 Å². The van der Waals surface area contributed by atoms with Gasteiger partial charge < -0.3 is 17.2 Å². The smallest absolute Gasteiger partial charge is 0.260 e. The summed E-state index contributed by atoms with van der Waals surface area (Å²) in [5.74, 6) is -1.05. The van der Waals surface area contributed by atoms with E-state index in [0.717, 1.165) is 11.3 Å². The molecule has 10 heteroatoms. The standard InChI is InChI=1S/C15H11Cl2N5O2S/c16-6-2-1-5(3-7(6)17)12-10-11(19)13(14(20)24)25-15(10)22-9(21-12)4-8(18)23/h1-3H,4,19H2,(H2,18,23)(H2,20,24). The lowest BCUT2D eigenvalue weighted by Gasteiger charge is -2.08. The maximum Gasteiger partial charge on any atom is 0.260 e. The van der Waals surface area contributed by atoms with Gasteiger partial charge in [0.15, 0.2) is 0 Å². The number of nitrogens with zero attached hydrogens (tertiary/aromatic N) is 2. The number of aromatic nitrogens is 2. The second kappa shape index (κ2) is 6.47. The first-order valence-electron chi connectivity index (χ1n) is 6.90. The van der Waals surface area contributed by atoms with Crippen LogP contribution in [-0.4, -0.2) is 21.8 Å². The second-order valence-corrected chi connectivity index (χ2v) is 6.96. The van der Waals surface area contributed by atoms with E-state index in [9.17, 15) is 9.59 Å². The molecule has 2 heterocycles. The van der Waals surface area contributed by atoms with Crippen molar-refractivity contribution in [3.8, 4) is 11.3 Å². The molecule has 128 valence electrons. The monoisotopic (exact) mass is 395 g/mol. The summed E-state index contributed by atoms with van der Waals surface area (Å²) in [4.78, 5) is 32.1. The van der Waals surface area contributed by atoms with Gasteiger partial charge in [0.1, 0.15) is 15.5 Å². The Morgan fingerprint density at radius 3 is 2.44 bits per heavy atom. The molecule has 0 aliphatic carbocycles. The maximum absolute atomic E-state index is 11.6. The number of anilines is 1. The Balaban J connectivity index is 2.34. The molecule has 0 bridgehead atoms. The van der Waals surface area contributed by atoms with Crippen LogP contribution in [0.2, 0.25) is 10.0 Å². The zero-order chi connectivity index (χ0) is 18.3. The molecule has 0 unspecified atom stereocenters. The van der Waals surface area contributed by atoms with Gasteiger partial charge in [0, 0.05) is 5.56 Å². The number of halogens is 2. The number of amides is 2. The van der Waals surface area contributed by atoms with E-state index in [2.05, 4.69) is 9.97 Å². The summed E-state index contributed by atoms with van der Waals surface area (Å²) in [6.45, 7) is 0. The summed E-state index contributed by atoms with van der Waals surface area (Å²) in [6.07, 6.45) is -0.159. The highest BCUT2D eigenvalue weighted by atomic mass is 35.5. The van der Waals surface area contributed by atoms with Crippen molar-refractivity contribution in [3.05, 3.63) is 38.9 Å². The fourth-order valence-electron chi connectivity index (χ4n) is 2.34. The molecular weight excluding hydrogens is 385 g/mol. The summed E-state index contributed by atoms with van der Waals surface area (Å²) in [6, 6.07) is 4.92. The van der Waals surface area contributed by atoms with Crippen molar-refractivity contribution in [1.29, 1.82) is 0 Å². The van der Waals surface area contributed by atoms with Crippen molar-refractivity contribution in [3.63, 3.8) is 0 Å². The first kappa shape index (κ1) is 17.4. The molecule has 2 aromatic heterocycles. The normalized spacial score (nSPS) is 11.0. The molecule has 0 fully saturated rings. The summed E-state index contributed by atoms with van der Waals surface area (Å²) in [7, 11) is 0. The molecule has 0 radical (unpaired) electrons. The van der Waals surface area contributed by atoms with Gasteiger partial charge in [0.05, 0.1) is 33.2 Å². The average Bonchev–Trinajstić information content (AvgIpc) is 2.86. The molecule has 0 saturated carbocycles. The molecule has 0 saturated heterocycles. The number of benzene rings is 1. The van der Waals surface area contributed by atoms with Crippen molar-refractivity contribution in [2.45, 2.75) is 6.42 Å². The predicted molar refractivity (Wildman–Crippen MR) is 98.7 cm³/mol. The van der Waals surface area contributed by atoms with Crippen LogP contribution in [0, 0.1) is 0 Å². The van der Waals surface area contributed by atoms with Crippen molar-refractivity contribution in [1.82, 2.24) is 9.97 Å². The van der Waals surface area contributed by atoms with Gasteiger partial charge in [-0.3, -0.25) is 9.59 Å². The van der Waals surface area contributed by atoms with Gasteiger partial charge in [-0.1, -0.05) is 29.3 Å². The molecule has 1 aromatic carbocycles. The minimum Gasteiger partial charge on any atom is -0.397 e. The van der Waals surface area contributed by atoms with Crippen LogP contribution in [0.15, 0.2) is 18.2 Å². The molecule has 0 aliphatic rings. The molecule has 3 rings (SSSR count). The van der Waals surface area contributed by atoms with Crippen LogP contribution in [0.4, 0.5) is 5.69 Å². The van der Waals surface area contributed by atoms with E-state index >= 15 is 0 Å². The molecule has 6 N–H and O–H groups in total. The van der Waals surface area contributed by atoms with Crippen LogP contribution in [0.25, 0.3) is 21.5 Å². The summed E-state index contributed by atoms with van der Waals surface area (Å²) >= 11 is 13.1. The number of primary amides is 2. The zero-order valence-corrected chi connectivity index (χ0v) is 14.9. The highest BCUT2D eigenvalue weighted by molar-refractivity contribution is 7.21. The lowest BCUT2D eigenvalue weighted by Crippen LogP contribution is -2.16. The van der Waals surface area contributed by atoms with Gasteiger partial charge >= 0.3 is 0 Å². The van der Waals surface area contributed by atoms with Crippen LogP contribution < -0.4 is 17.2 Å². The number of thiophene rings is 1. The number of hydrogen-bond donors (Lipinski definition) is 3. The van der Waals surface area contributed by atoms with Crippen LogP contribution >= 0.6 is 34.5 Å². The molecule has 0 spiro atoms. The number of rotatable bonds is 4. The highest BCUT2D eigenvalue weighted by Crippen LogP contribution is 2.39. The first-order valence-corrected chi connectivity index (χ1v) is 8.47. The van der Waals surface area contributed by atoms with Crippen molar-refractivity contribution < 1.29 is 9.59 Å². The van der Waals surface area contributed by atoms with Gasteiger partial charge in [-0.2, -0.15) is 0 Å². The van der Waals surface area contributed by atoms with Crippen LogP contribution in [0.3, 0.4) is 0 Å². The van der Waals surface area contributed by atoms with E-state index in [1.807, 2.05) is 0 Å². The molecule has 25 heavy (non-hydrogen) atoms. The van der Waals surface area contributed by atoms with Crippen LogP contribution in [0.5, 0.6) is 0 Å². The average molecular weight is 396 g/mol. The van der Waals surface area contributed by atoms with E-state index < -0.39 is 11.8 Å². The Bertz CT molecular complexity index is 1030. The first-order chi connectivity index (χ1) is 11.8. The van der Waals surface area contributed by atoms with Gasteiger partial charge in [-0.05, 0) is 12.1 Å². The fraction of sp³-hybridized carbons (Fsp3) is 0.0667. The minimum atomic E-state index is -0.669. The third-order valence-corrected chi connectivity index (χ3v) is 5.24. The number of nitrogen functional groups attached to an aromatic ring is 1. The van der Waals surface area contributed by atoms with Gasteiger partial charge in [-0.25, -0.2) is 9.97 Å². The SMILES string of the molecule is NC(=O)Cc1nc(-c2ccc(Cl)c(Cl)c2)c2c(N)c(C(N)=O)sc2n1. The topological polar surface area (TPSA) is 138 Å². The largest absolute Gasteiger partial charge is 0.397 e.